The number of sulfonamides is 2. The minimum atomic E-state index is -3.57. The highest BCUT2D eigenvalue weighted by Crippen LogP contribution is 2.38. The van der Waals surface area contributed by atoms with Crippen LogP contribution in [-0.4, -0.2) is 29.9 Å². The number of nitrogens with one attached hydrogen (secondary N) is 2. The summed E-state index contributed by atoms with van der Waals surface area (Å²) in [6, 6.07) is 10.2. The molecule has 170 valence electrons. The summed E-state index contributed by atoms with van der Waals surface area (Å²) in [7, 11) is -7.14. The lowest BCUT2D eigenvalue weighted by Gasteiger charge is -2.10. The van der Waals surface area contributed by atoms with E-state index in [-0.39, 0.29) is 9.79 Å². The van der Waals surface area contributed by atoms with Gasteiger partial charge in [-0.25, -0.2) is 26.3 Å². The fraction of sp³-hybridized carbons (Fsp3) is 0.478. The van der Waals surface area contributed by atoms with Crippen LogP contribution in [0, 0.1) is 11.8 Å². The lowest BCUT2D eigenvalue weighted by Crippen LogP contribution is -2.25. The zero-order chi connectivity index (χ0) is 22.8. The van der Waals surface area contributed by atoms with Gasteiger partial charge in [-0.05, 0) is 77.6 Å². The molecule has 0 aliphatic heterocycles. The summed E-state index contributed by atoms with van der Waals surface area (Å²) in [5.41, 5.74) is 3.69. The monoisotopic (exact) mass is 464 g/mol. The molecule has 0 radical (unpaired) electrons. The Morgan fingerprint density at radius 1 is 0.710 bits per heavy atom. The first-order chi connectivity index (χ1) is 14.5. The van der Waals surface area contributed by atoms with Crippen LogP contribution in [0.1, 0.15) is 51.7 Å². The van der Waals surface area contributed by atoms with Crippen molar-refractivity contribution in [1.82, 2.24) is 9.44 Å². The maximum Gasteiger partial charge on any atom is 0.240 e. The van der Waals surface area contributed by atoms with E-state index in [0.717, 1.165) is 35.1 Å². The number of rotatable bonds is 10. The summed E-state index contributed by atoms with van der Waals surface area (Å²) in [5.74, 6) is 0.838. The maximum absolute atomic E-state index is 12.6. The molecular formula is C23H32N2O4S2. The Hall–Kier alpha value is -1.74. The van der Waals surface area contributed by atoms with E-state index >= 15 is 0 Å². The largest absolute Gasteiger partial charge is 0.240 e. The van der Waals surface area contributed by atoms with Gasteiger partial charge in [-0.2, -0.15) is 0 Å². The molecule has 0 heterocycles. The molecule has 2 aromatic rings. The van der Waals surface area contributed by atoms with Gasteiger partial charge in [0.25, 0.3) is 0 Å². The maximum atomic E-state index is 12.6. The van der Waals surface area contributed by atoms with Crippen molar-refractivity contribution in [1.29, 1.82) is 0 Å². The van der Waals surface area contributed by atoms with Gasteiger partial charge >= 0.3 is 0 Å². The van der Waals surface area contributed by atoms with E-state index in [1.165, 1.54) is 0 Å². The summed E-state index contributed by atoms with van der Waals surface area (Å²) >= 11 is 0. The second kappa shape index (κ2) is 9.40. The van der Waals surface area contributed by atoms with Gasteiger partial charge in [0.2, 0.25) is 20.0 Å². The van der Waals surface area contributed by atoms with Crippen LogP contribution in [-0.2, 0) is 26.5 Å². The van der Waals surface area contributed by atoms with E-state index in [1.807, 2.05) is 12.1 Å². The quantitative estimate of drug-likeness (QED) is 0.476. The van der Waals surface area contributed by atoms with Crippen LogP contribution in [0.25, 0.3) is 11.1 Å². The van der Waals surface area contributed by atoms with Crippen LogP contribution in [0.15, 0.2) is 46.2 Å². The average molecular weight is 465 g/mol. The second-order valence-corrected chi connectivity index (χ2v) is 12.5. The smallest absolute Gasteiger partial charge is 0.211 e. The molecule has 0 fully saturated rings. The third kappa shape index (κ3) is 5.74. The fourth-order valence-electron chi connectivity index (χ4n) is 3.63. The lowest BCUT2D eigenvalue weighted by atomic mass is 10.1. The van der Waals surface area contributed by atoms with E-state index in [9.17, 15) is 16.8 Å². The number of hydrogen-bond donors (Lipinski definition) is 2. The van der Waals surface area contributed by atoms with Crippen LogP contribution in [0.3, 0.4) is 0 Å². The molecule has 0 amide bonds. The SMILES string of the molecule is CC(C)CCNS(=O)(=O)c1ccc2c(c1)Cc1cc(S(=O)(=O)NCCC(C)C)ccc1-2. The molecule has 0 saturated heterocycles. The van der Waals surface area contributed by atoms with Gasteiger partial charge in [0.15, 0.2) is 0 Å². The Morgan fingerprint density at radius 3 is 1.45 bits per heavy atom. The first kappa shape index (κ1) is 23.9. The summed E-state index contributed by atoms with van der Waals surface area (Å²) in [4.78, 5) is 0.483. The molecule has 2 aromatic carbocycles. The molecule has 1 aliphatic carbocycles. The van der Waals surface area contributed by atoms with Gasteiger partial charge in [0.1, 0.15) is 0 Å². The second-order valence-electron chi connectivity index (χ2n) is 8.98. The lowest BCUT2D eigenvalue weighted by molar-refractivity contribution is 0.550. The van der Waals surface area contributed by atoms with E-state index in [1.54, 1.807) is 24.3 Å². The van der Waals surface area contributed by atoms with E-state index in [2.05, 4.69) is 37.1 Å². The van der Waals surface area contributed by atoms with Crippen LogP contribution >= 0.6 is 0 Å². The Bertz CT molecular complexity index is 1060. The fourth-order valence-corrected chi connectivity index (χ4v) is 5.82. The van der Waals surface area contributed by atoms with Gasteiger partial charge in [0.05, 0.1) is 9.79 Å². The van der Waals surface area contributed by atoms with Gasteiger partial charge in [-0.3, -0.25) is 0 Å². The Labute approximate surface area is 186 Å². The summed E-state index contributed by atoms with van der Waals surface area (Å²) < 4.78 is 55.8. The molecule has 6 nitrogen and oxygen atoms in total. The van der Waals surface area contributed by atoms with Crippen molar-refractivity contribution < 1.29 is 16.8 Å². The zero-order valence-corrected chi connectivity index (χ0v) is 20.2. The highest BCUT2D eigenvalue weighted by Gasteiger charge is 2.24. The van der Waals surface area contributed by atoms with Gasteiger partial charge in [0, 0.05) is 13.1 Å². The van der Waals surface area contributed by atoms with Gasteiger partial charge < -0.3 is 0 Å². The minimum Gasteiger partial charge on any atom is -0.211 e. The highest BCUT2D eigenvalue weighted by atomic mass is 32.2. The Morgan fingerprint density at radius 2 is 1.10 bits per heavy atom. The van der Waals surface area contributed by atoms with Crippen molar-refractivity contribution in [3.63, 3.8) is 0 Å². The van der Waals surface area contributed by atoms with Crippen LogP contribution in [0.2, 0.25) is 0 Å². The average Bonchev–Trinajstić information content (AvgIpc) is 3.04. The van der Waals surface area contributed by atoms with Crippen molar-refractivity contribution in [3.05, 3.63) is 47.5 Å². The molecule has 0 bridgehead atoms. The molecule has 0 saturated carbocycles. The topological polar surface area (TPSA) is 92.3 Å². The summed E-state index contributed by atoms with van der Waals surface area (Å²) in [6.45, 7) is 9.01. The first-order valence-corrected chi connectivity index (χ1v) is 13.7. The minimum absolute atomic E-state index is 0.242. The number of hydrogen-bond acceptors (Lipinski definition) is 4. The molecule has 0 spiro atoms. The Kier molecular flexibility index (Phi) is 7.25. The van der Waals surface area contributed by atoms with E-state index in [0.29, 0.717) is 31.3 Å². The van der Waals surface area contributed by atoms with Crippen molar-refractivity contribution in [3.8, 4) is 11.1 Å². The first-order valence-electron chi connectivity index (χ1n) is 10.7. The van der Waals surface area contributed by atoms with E-state index < -0.39 is 20.0 Å². The highest BCUT2D eigenvalue weighted by molar-refractivity contribution is 7.89. The molecule has 0 aromatic heterocycles. The molecular weight excluding hydrogens is 432 g/mol. The van der Waals surface area contributed by atoms with Crippen molar-refractivity contribution in [2.75, 3.05) is 13.1 Å². The molecule has 0 unspecified atom stereocenters. The predicted octanol–water partition coefficient (Wildman–Crippen LogP) is 3.91. The molecule has 31 heavy (non-hydrogen) atoms. The molecule has 2 N–H and O–H groups in total. The summed E-state index contributed by atoms with van der Waals surface area (Å²) in [5, 5.41) is 0. The standard InChI is InChI=1S/C23H32N2O4S2/c1-16(2)9-11-24-30(26,27)20-5-7-22-18(14-20)13-19-15-21(6-8-23(19)22)31(28,29)25-12-10-17(3)4/h5-8,14-17,24-25H,9-13H2,1-4H3. The predicted molar refractivity (Wildman–Crippen MR) is 124 cm³/mol. The molecule has 0 atom stereocenters. The summed E-state index contributed by atoms with van der Waals surface area (Å²) in [6.07, 6.45) is 2.06. The van der Waals surface area contributed by atoms with Crippen molar-refractivity contribution in [2.24, 2.45) is 11.8 Å². The molecule has 1 aliphatic rings. The van der Waals surface area contributed by atoms with Crippen molar-refractivity contribution in [2.45, 2.75) is 56.7 Å². The zero-order valence-electron chi connectivity index (χ0n) is 18.6. The molecule has 8 heteroatoms. The van der Waals surface area contributed by atoms with Crippen molar-refractivity contribution >= 4 is 20.0 Å². The van der Waals surface area contributed by atoms with Crippen LogP contribution in [0.4, 0.5) is 0 Å². The van der Waals surface area contributed by atoms with Crippen LogP contribution < -0.4 is 9.44 Å². The van der Waals surface area contributed by atoms with Gasteiger partial charge in [-0.1, -0.05) is 39.8 Å². The van der Waals surface area contributed by atoms with E-state index in [4.69, 9.17) is 0 Å². The van der Waals surface area contributed by atoms with Gasteiger partial charge in [-0.15, -0.1) is 0 Å². The third-order valence-electron chi connectivity index (χ3n) is 5.47. The Balaban J connectivity index is 1.79. The number of benzene rings is 2. The normalized spacial score (nSPS) is 13.6. The van der Waals surface area contributed by atoms with Crippen LogP contribution in [0.5, 0.6) is 0 Å². The molecule has 3 rings (SSSR count). The third-order valence-corrected chi connectivity index (χ3v) is 8.39. The number of fused-ring (bicyclic) bond motifs is 3.